The predicted molar refractivity (Wildman–Crippen MR) is 75.8 cm³/mol. The first kappa shape index (κ1) is 12.7. The number of hydrogen-bond donors (Lipinski definition) is 1. The van der Waals surface area contributed by atoms with E-state index < -0.39 is 5.54 Å². The summed E-state index contributed by atoms with van der Waals surface area (Å²) in [4.78, 5) is 4.52. The highest BCUT2D eigenvalue weighted by Gasteiger charge is 2.32. The molecule has 0 radical (unpaired) electrons. The normalized spacial score (nSPS) is 22.3. The Morgan fingerprint density at radius 3 is 2.84 bits per heavy atom. The number of hydrogen-bond acceptors (Lipinski definition) is 5. The van der Waals surface area contributed by atoms with Gasteiger partial charge in [0.1, 0.15) is 5.54 Å². The molecule has 0 bridgehead atoms. The predicted octanol–water partition coefficient (Wildman–Crippen LogP) is 2.86. The molecule has 0 saturated carbocycles. The van der Waals surface area contributed by atoms with Crippen molar-refractivity contribution in [3.63, 3.8) is 0 Å². The Bertz CT molecular complexity index is 547. The van der Waals surface area contributed by atoms with E-state index >= 15 is 0 Å². The van der Waals surface area contributed by atoms with E-state index in [1.165, 1.54) is 12.2 Å². The lowest BCUT2D eigenvalue weighted by molar-refractivity contribution is 0.322. The van der Waals surface area contributed by atoms with Gasteiger partial charge in [-0.1, -0.05) is 35.5 Å². The van der Waals surface area contributed by atoms with E-state index in [2.05, 4.69) is 10.1 Å². The molecule has 3 rings (SSSR count). The lowest BCUT2D eigenvalue weighted by Crippen LogP contribution is -2.34. The van der Waals surface area contributed by atoms with Crippen LogP contribution in [0.5, 0.6) is 0 Å². The highest BCUT2D eigenvalue weighted by atomic mass is 32.2. The van der Waals surface area contributed by atoms with Crippen LogP contribution in [0.3, 0.4) is 0 Å². The third-order valence-corrected chi connectivity index (χ3v) is 4.85. The minimum atomic E-state index is -0.740. The summed E-state index contributed by atoms with van der Waals surface area (Å²) in [5.41, 5.74) is 6.60. The molecule has 0 amide bonds. The maximum atomic E-state index is 6.37. The Morgan fingerprint density at radius 2 is 2.16 bits per heavy atom. The second-order valence-electron chi connectivity index (χ2n) is 5.03. The molecule has 100 valence electrons. The quantitative estimate of drug-likeness (QED) is 0.933. The minimum absolute atomic E-state index is 0.365. The molecule has 2 heterocycles. The van der Waals surface area contributed by atoms with Gasteiger partial charge in [-0.15, -0.1) is 0 Å². The lowest BCUT2D eigenvalue weighted by atomic mass is 9.93. The van der Waals surface area contributed by atoms with Crippen LogP contribution in [0.15, 0.2) is 34.9 Å². The Labute approximate surface area is 116 Å². The monoisotopic (exact) mass is 275 g/mol. The van der Waals surface area contributed by atoms with Gasteiger partial charge >= 0.3 is 0 Å². The van der Waals surface area contributed by atoms with Gasteiger partial charge in [0.05, 0.1) is 5.25 Å². The molecule has 1 aromatic carbocycles. The van der Waals surface area contributed by atoms with Crippen molar-refractivity contribution in [2.75, 3.05) is 5.75 Å². The Kier molecular flexibility index (Phi) is 3.33. The zero-order valence-electron chi connectivity index (χ0n) is 10.9. The number of aromatic nitrogens is 2. The number of benzene rings is 1. The van der Waals surface area contributed by atoms with Crippen LogP contribution in [0.4, 0.5) is 0 Å². The molecule has 2 unspecified atom stereocenters. The molecular formula is C14H17N3OS. The molecular weight excluding hydrogens is 258 g/mol. The van der Waals surface area contributed by atoms with E-state index in [4.69, 9.17) is 10.3 Å². The van der Waals surface area contributed by atoms with Crippen LogP contribution in [0.1, 0.15) is 42.3 Å². The van der Waals surface area contributed by atoms with Gasteiger partial charge < -0.3 is 10.3 Å². The summed E-state index contributed by atoms with van der Waals surface area (Å²) < 4.78 is 5.40. The number of rotatable bonds is 3. The van der Waals surface area contributed by atoms with Crippen LogP contribution in [0.25, 0.3) is 0 Å². The third kappa shape index (κ3) is 2.40. The molecule has 1 aromatic heterocycles. The zero-order chi connectivity index (χ0) is 13.3. The van der Waals surface area contributed by atoms with Crippen molar-refractivity contribution in [1.82, 2.24) is 10.1 Å². The Morgan fingerprint density at radius 1 is 1.37 bits per heavy atom. The molecule has 1 aliphatic heterocycles. The van der Waals surface area contributed by atoms with Crippen LogP contribution < -0.4 is 5.73 Å². The van der Waals surface area contributed by atoms with Gasteiger partial charge in [0.2, 0.25) is 0 Å². The third-order valence-electron chi connectivity index (χ3n) is 3.48. The topological polar surface area (TPSA) is 64.9 Å². The highest BCUT2D eigenvalue weighted by Crippen LogP contribution is 2.39. The number of nitrogens with two attached hydrogens (primary N) is 1. The van der Waals surface area contributed by atoms with Gasteiger partial charge in [0, 0.05) is 0 Å². The summed E-state index contributed by atoms with van der Waals surface area (Å²) in [5, 5.41) is 4.47. The van der Waals surface area contributed by atoms with Crippen molar-refractivity contribution < 1.29 is 4.52 Å². The van der Waals surface area contributed by atoms with Crippen molar-refractivity contribution >= 4 is 11.8 Å². The molecule has 2 atom stereocenters. The van der Waals surface area contributed by atoms with Gasteiger partial charge in [-0.3, -0.25) is 0 Å². The van der Waals surface area contributed by atoms with Crippen molar-refractivity contribution in [1.29, 1.82) is 0 Å². The van der Waals surface area contributed by atoms with Gasteiger partial charge in [0.25, 0.3) is 5.89 Å². The van der Waals surface area contributed by atoms with Crippen LogP contribution in [-0.2, 0) is 5.54 Å². The van der Waals surface area contributed by atoms with Crippen molar-refractivity contribution in [3.8, 4) is 0 Å². The molecule has 1 aliphatic rings. The fourth-order valence-electron chi connectivity index (χ4n) is 2.27. The molecule has 2 N–H and O–H groups in total. The van der Waals surface area contributed by atoms with E-state index in [1.807, 2.05) is 49.0 Å². The zero-order valence-corrected chi connectivity index (χ0v) is 11.7. The maximum absolute atomic E-state index is 6.37. The molecule has 2 aromatic rings. The van der Waals surface area contributed by atoms with E-state index in [1.54, 1.807) is 0 Å². The molecule has 1 saturated heterocycles. The molecule has 0 aliphatic carbocycles. The first-order valence-electron chi connectivity index (χ1n) is 6.48. The van der Waals surface area contributed by atoms with E-state index in [0.29, 0.717) is 11.1 Å². The van der Waals surface area contributed by atoms with Gasteiger partial charge in [-0.2, -0.15) is 16.7 Å². The van der Waals surface area contributed by atoms with Crippen molar-refractivity contribution in [2.45, 2.75) is 30.6 Å². The molecule has 4 nitrogen and oxygen atoms in total. The molecule has 0 spiro atoms. The van der Waals surface area contributed by atoms with E-state index in [9.17, 15) is 0 Å². The molecule has 19 heavy (non-hydrogen) atoms. The Balaban J connectivity index is 1.89. The van der Waals surface area contributed by atoms with Crippen LogP contribution in [0.2, 0.25) is 0 Å². The van der Waals surface area contributed by atoms with Crippen molar-refractivity contribution in [3.05, 3.63) is 47.6 Å². The standard InChI is InChI=1S/C14H17N3OS/c1-14(15,10-6-3-2-4-7-10)13-16-12(17-18-13)11-8-5-9-19-11/h2-4,6-7,11H,5,8-9,15H2,1H3. The summed E-state index contributed by atoms with van der Waals surface area (Å²) in [6, 6.07) is 9.85. The van der Waals surface area contributed by atoms with E-state index in [0.717, 1.165) is 17.8 Å². The van der Waals surface area contributed by atoms with Gasteiger partial charge in [0.15, 0.2) is 5.82 Å². The largest absolute Gasteiger partial charge is 0.337 e. The Hall–Kier alpha value is -1.33. The first-order valence-corrected chi connectivity index (χ1v) is 7.53. The average Bonchev–Trinajstić information content (AvgIpc) is 3.10. The maximum Gasteiger partial charge on any atom is 0.251 e. The smallest absolute Gasteiger partial charge is 0.251 e. The second kappa shape index (κ2) is 4.98. The highest BCUT2D eigenvalue weighted by molar-refractivity contribution is 7.99. The summed E-state index contributed by atoms with van der Waals surface area (Å²) in [5.74, 6) is 2.44. The number of thioether (sulfide) groups is 1. The fraction of sp³-hybridized carbons (Fsp3) is 0.429. The summed E-state index contributed by atoms with van der Waals surface area (Å²) in [6.07, 6.45) is 2.34. The lowest BCUT2D eigenvalue weighted by Gasteiger charge is -2.20. The fourth-order valence-corrected chi connectivity index (χ4v) is 3.46. The van der Waals surface area contributed by atoms with Crippen LogP contribution >= 0.6 is 11.8 Å². The number of nitrogens with zero attached hydrogens (tertiary/aromatic N) is 2. The first-order chi connectivity index (χ1) is 9.18. The summed E-state index contributed by atoms with van der Waals surface area (Å²) >= 11 is 1.89. The average molecular weight is 275 g/mol. The minimum Gasteiger partial charge on any atom is -0.337 e. The summed E-state index contributed by atoms with van der Waals surface area (Å²) in [7, 11) is 0. The van der Waals surface area contributed by atoms with Crippen molar-refractivity contribution in [2.24, 2.45) is 5.73 Å². The van der Waals surface area contributed by atoms with Crippen LogP contribution in [0, 0.1) is 0 Å². The van der Waals surface area contributed by atoms with Gasteiger partial charge in [-0.05, 0) is 31.1 Å². The molecule has 5 heteroatoms. The van der Waals surface area contributed by atoms with Crippen LogP contribution in [-0.4, -0.2) is 15.9 Å². The second-order valence-corrected chi connectivity index (χ2v) is 6.34. The van der Waals surface area contributed by atoms with Gasteiger partial charge in [-0.25, -0.2) is 0 Å². The molecule has 1 fully saturated rings. The SMILES string of the molecule is CC(N)(c1ccccc1)c1nc(C2CCCS2)no1. The summed E-state index contributed by atoms with van der Waals surface area (Å²) in [6.45, 7) is 1.90. The van der Waals surface area contributed by atoms with E-state index in [-0.39, 0.29) is 0 Å².